The lowest BCUT2D eigenvalue weighted by Crippen LogP contribution is -2.23. The number of hydrogen-bond acceptors (Lipinski definition) is 1. The minimum atomic E-state index is 0. The van der Waals surface area contributed by atoms with Crippen LogP contribution in [0.15, 0.2) is 0 Å². The van der Waals surface area contributed by atoms with Gasteiger partial charge in [-0.3, -0.25) is 0 Å². The van der Waals surface area contributed by atoms with E-state index in [-0.39, 0.29) is 12.4 Å². The lowest BCUT2D eigenvalue weighted by atomic mass is 10.0. The third-order valence-electron chi connectivity index (χ3n) is 1.54. The van der Waals surface area contributed by atoms with Crippen LogP contribution in [0.5, 0.6) is 0 Å². The van der Waals surface area contributed by atoms with E-state index >= 15 is 0 Å². The van der Waals surface area contributed by atoms with Gasteiger partial charge in [0.05, 0.1) is 0 Å². The maximum absolute atomic E-state index is 5.55. The Hall–Kier alpha value is 0.250. The van der Waals surface area contributed by atoms with E-state index in [9.17, 15) is 0 Å². The smallest absolute Gasteiger partial charge is 0.00360 e. The molecule has 0 radical (unpaired) electrons. The fraction of sp³-hybridized carbons (Fsp3) is 1.00. The Kier molecular flexibility index (Phi) is 7.48. The van der Waals surface area contributed by atoms with Gasteiger partial charge in [0.1, 0.15) is 0 Å². The van der Waals surface area contributed by atoms with E-state index in [1.165, 1.54) is 6.42 Å². The number of nitrogens with two attached hydrogens (primary N) is 1. The quantitative estimate of drug-likeness (QED) is 0.617. The van der Waals surface area contributed by atoms with Gasteiger partial charge < -0.3 is 5.73 Å². The lowest BCUT2D eigenvalue weighted by molar-refractivity contribution is 0.470. The zero-order chi connectivity index (χ0) is 5.86. The molecular formula is C6H16ClN. The number of hydrogen-bond donors (Lipinski definition) is 1. The molecule has 2 atom stereocenters. The Morgan fingerprint density at radius 3 is 1.75 bits per heavy atom. The van der Waals surface area contributed by atoms with Crippen molar-refractivity contribution in [3.8, 4) is 0 Å². The maximum Gasteiger partial charge on any atom is 0.00360 e. The summed E-state index contributed by atoms with van der Waals surface area (Å²) in [7, 11) is 0. The highest BCUT2D eigenvalue weighted by molar-refractivity contribution is 5.85. The molecule has 0 saturated heterocycles. The monoisotopic (exact) mass is 137 g/mol. The summed E-state index contributed by atoms with van der Waals surface area (Å²) in [5.41, 5.74) is 5.55. The van der Waals surface area contributed by atoms with Crippen molar-refractivity contribution in [2.45, 2.75) is 33.2 Å². The summed E-state index contributed by atoms with van der Waals surface area (Å²) in [6.45, 7) is 6.38. The molecule has 0 aromatic carbocycles. The highest BCUT2D eigenvalue weighted by Crippen LogP contribution is 2.02. The van der Waals surface area contributed by atoms with Gasteiger partial charge in [-0.1, -0.05) is 20.3 Å². The van der Waals surface area contributed by atoms with Gasteiger partial charge in [0.25, 0.3) is 0 Å². The van der Waals surface area contributed by atoms with Gasteiger partial charge in [-0.25, -0.2) is 0 Å². The fourth-order valence-corrected chi connectivity index (χ4v) is 0.372. The molecule has 0 heterocycles. The largest absolute Gasteiger partial charge is 0.328 e. The molecule has 2 N–H and O–H groups in total. The van der Waals surface area contributed by atoms with Crippen LogP contribution in [0.3, 0.4) is 0 Å². The molecule has 0 fully saturated rings. The average molecular weight is 138 g/mol. The van der Waals surface area contributed by atoms with Crippen LogP contribution < -0.4 is 5.73 Å². The van der Waals surface area contributed by atoms with Gasteiger partial charge in [-0.05, 0) is 12.8 Å². The molecule has 0 bridgehead atoms. The molecule has 8 heavy (non-hydrogen) atoms. The highest BCUT2D eigenvalue weighted by atomic mass is 35.5. The van der Waals surface area contributed by atoms with Gasteiger partial charge in [0.2, 0.25) is 0 Å². The molecule has 0 aliphatic rings. The van der Waals surface area contributed by atoms with E-state index in [0.29, 0.717) is 12.0 Å². The molecule has 0 aromatic heterocycles. The van der Waals surface area contributed by atoms with Crippen LogP contribution >= 0.6 is 12.4 Å². The van der Waals surface area contributed by atoms with Crippen molar-refractivity contribution < 1.29 is 0 Å². The third-order valence-corrected chi connectivity index (χ3v) is 1.54. The van der Waals surface area contributed by atoms with Crippen molar-refractivity contribution in [2.24, 2.45) is 11.7 Å². The Balaban J connectivity index is 0. The first-order valence-corrected chi connectivity index (χ1v) is 2.94. The second kappa shape index (κ2) is 5.39. The molecule has 2 heteroatoms. The second-order valence-electron chi connectivity index (χ2n) is 2.24. The zero-order valence-electron chi connectivity index (χ0n) is 5.85. The van der Waals surface area contributed by atoms with Crippen LogP contribution in [0.4, 0.5) is 0 Å². The average Bonchev–Trinajstić information content (AvgIpc) is 1.65. The van der Waals surface area contributed by atoms with Crippen LogP contribution in [0.2, 0.25) is 0 Å². The molecule has 0 amide bonds. The highest BCUT2D eigenvalue weighted by Gasteiger charge is 2.01. The van der Waals surface area contributed by atoms with Crippen LogP contribution in [-0.2, 0) is 0 Å². The van der Waals surface area contributed by atoms with Crippen molar-refractivity contribution in [2.75, 3.05) is 0 Å². The molecular weight excluding hydrogens is 122 g/mol. The Bertz CT molecular complexity index is 45.8. The van der Waals surface area contributed by atoms with Gasteiger partial charge in [-0.2, -0.15) is 0 Å². The predicted molar refractivity (Wildman–Crippen MR) is 40.4 cm³/mol. The first-order chi connectivity index (χ1) is 3.18. The molecule has 2 unspecified atom stereocenters. The van der Waals surface area contributed by atoms with Gasteiger partial charge >= 0.3 is 0 Å². The van der Waals surface area contributed by atoms with Gasteiger partial charge in [0.15, 0.2) is 0 Å². The van der Waals surface area contributed by atoms with E-state index in [1.54, 1.807) is 0 Å². The van der Waals surface area contributed by atoms with Gasteiger partial charge in [0, 0.05) is 6.04 Å². The summed E-state index contributed by atoms with van der Waals surface area (Å²) < 4.78 is 0. The van der Waals surface area contributed by atoms with E-state index in [0.717, 1.165) is 0 Å². The van der Waals surface area contributed by atoms with Crippen molar-refractivity contribution in [3.05, 3.63) is 0 Å². The maximum atomic E-state index is 5.55. The van der Waals surface area contributed by atoms with Gasteiger partial charge in [-0.15, -0.1) is 12.4 Å². The summed E-state index contributed by atoms with van der Waals surface area (Å²) in [6.07, 6.45) is 1.19. The minimum absolute atomic E-state index is 0. The molecule has 0 aliphatic heterocycles. The SMILES string of the molecule is CCC(C)C(C)N.Cl. The summed E-state index contributed by atoms with van der Waals surface area (Å²) >= 11 is 0. The van der Waals surface area contributed by atoms with E-state index < -0.39 is 0 Å². The summed E-state index contributed by atoms with van der Waals surface area (Å²) in [4.78, 5) is 0. The first-order valence-electron chi connectivity index (χ1n) is 2.94. The number of rotatable bonds is 2. The fourth-order valence-electron chi connectivity index (χ4n) is 0.372. The summed E-state index contributed by atoms with van der Waals surface area (Å²) in [5, 5.41) is 0. The summed E-state index contributed by atoms with van der Waals surface area (Å²) in [6, 6.07) is 0.366. The van der Waals surface area contributed by atoms with E-state index in [2.05, 4.69) is 13.8 Å². The van der Waals surface area contributed by atoms with Crippen molar-refractivity contribution in [1.29, 1.82) is 0 Å². The zero-order valence-corrected chi connectivity index (χ0v) is 6.66. The molecule has 52 valence electrons. The van der Waals surface area contributed by atoms with E-state index in [4.69, 9.17) is 5.73 Å². The number of halogens is 1. The predicted octanol–water partition coefficient (Wildman–Crippen LogP) is 1.80. The second-order valence-corrected chi connectivity index (χ2v) is 2.24. The molecule has 0 rings (SSSR count). The molecule has 0 aliphatic carbocycles. The molecule has 0 spiro atoms. The van der Waals surface area contributed by atoms with Crippen LogP contribution in [-0.4, -0.2) is 6.04 Å². The lowest BCUT2D eigenvalue weighted by Gasteiger charge is -2.10. The normalized spacial score (nSPS) is 16.5. The Labute approximate surface area is 58.1 Å². The van der Waals surface area contributed by atoms with Crippen molar-refractivity contribution >= 4 is 12.4 Å². The van der Waals surface area contributed by atoms with Crippen molar-refractivity contribution in [3.63, 3.8) is 0 Å². The van der Waals surface area contributed by atoms with E-state index in [1.807, 2.05) is 6.92 Å². The van der Waals surface area contributed by atoms with Crippen LogP contribution in [0, 0.1) is 5.92 Å². The van der Waals surface area contributed by atoms with Crippen LogP contribution in [0.25, 0.3) is 0 Å². The standard InChI is InChI=1S/C6H15N.ClH/c1-4-5(2)6(3)7;/h5-6H,4,7H2,1-3H3;1H. The molecule has 0 aromatic rings. The minimum Gasteiger partial charge on any atom is -0.328 e. The summed E-state index contributed by atoms with van der Waals surface area (Å²) in [5.74, 6) is 0.681. The molecule has 0 saturated carbocycles. The Morgan fingerprint density at radius 2 is 1.75 bits per heavy atom. The Morgan fingerprint density at radius 1 is 1.38 bits per heavy atom. The first kappa shape index (κ1) is 11.1. The van der Waals surface area contributed by atoms with Crippen LogP contribution in [0.1, 0.15) is 27.2 Å². The topological polar surface area (TPSA) is 26.0 Å². The molecule has 1 nitrogen and oxygen atoms in total. The van der Waals surface area contributed by atoms with Crippen molar-refractivity contribution in [1.82, 2.24) is 0 Å². The third kappa shape index (κ3) is 4.41.